The Hall–Kier alpha value is -0.510. The number of aromatic nitrogens is 2. The molecule has 1 aromatic rings. The molecule has 1 aliphatic rings. The number of aliphatic imine (C=N–C) groups is 1. The Morgan fingerprint density at radius 2 is 2.17 bits per heavy atom. The second kappa shape index (κ2) is 9.71. The van der Waals surface area contributed by atoms with Crippen molar-refractivity contribution >= 4 is 41.7 Å². The molecule has 1 aromatic heterocycles. The van der Waals surface area contributed by atoms with E-state index < -0.39 is 0 Å². The summed E-state index contributed by atoms with van der Waals surface area (Å²) in [5.74, 6) is 3.37. The minimum Gasteiger partial charge on any atom is -0.357 e. The van der Waals surface area contributed by atoms with E-state index in [-0.39, 0.29) is 29.4 Å². The van der Waals surface area contributed by atoms with Crippen LogP contribution in [0.25, 0.3) is 0 Å². The molecule has 2 N–H and O–H groups in total. The molecule has 0 bridgehead atoms. The second-order valence-electron chi connectivity index (χ2n) is 6.48. The third-order valence-corrected chi connectivity index (χ3v) is 4.75. The van der Waals surface area contributed by atoms with E-state index in [1.165, 1.54) is 18.6 Å². The van der Waals surface area contributed by atoms with Gasteiger partial charge >= 0.3 is 0 Å². The molecular formula is C15H28IN5OS. The topological polar surface area (TPSA) is 75.3 Å². The van der Waals surface area contributed by atoms with Gasteiger partial charge in [-0.15, -0.1) is 24.0 Å². The van der Waals surface area contributed by atoms with Crippen molar-refractivity contribution in [2.75, 3.05) is 18.8 Å². The van der Waals surface area contributed by atoms with Gasteiger partial charge in [-0.2, -0.15) is 16.7 Å². The molecule has 0 saturated carbocycles. The monoisotopic (exact) mass is 453 g/mol. The Balaban J connectivity index is 0.00000264. The summed E-state index contributed by atoms with van der Waals surface area (Å²) in [6.45, 7) is 10.4. The maximum atomic E-state index is 5.29. The van der Waals surface area contributed by atoms with Gasteiger partial charge in [0, 0.05) is 23.8 Å². The molecule has 1 aliphatic heterocycles. The molecule has 0 radical (unpaired) electrons. The Labute approximate surface area is 160 Å². The number of rotatable bonds is 5. The van der Waals surface area contributed by atoms with E-state index in [9.17, 15) is 0 Å². The highest BCUT2D eigenvalue weighted by Gasteiger charge is 2.21. The molecule has 1 atom stereocenters. The number of hydrogen-bond donors (Lipinski definition) is 2. The highest BCUT2D eigenvalue weighted by molar-refractivity contribution is 14.0. The summed E-state index contributed by atoms with van der Waals surface area (Å²) in [4.78, 5) is 8.95. The van der Waals surface area contributed by atoms with Crippen molar-refractivity contribution < 1.29 is 4.52 Å². The van der Waals surface area contributed by atoms with Crippen molar-refractivity contribution in [3.8, 4) is 0 Å². The fourth-order valence-electron chi connectivity index (χ4n) is 2.13. The zero-order valence-corrected chi connectivity index (χ0v) is 17.5. The van der Waals surface area contributed by atoms with E-state index >= 15 is 0 Å². The van der Waals surface area contributed by atoms with E-state index in [4.69, 9.17) is 4.52 Å². The number of thioether (sulfide) groups is 1. The molecule has 1 fully saturated rings. The van der Waals surface area contributed by atoms with E-state index in [1.54, 1.807) is 0 Å². The van der Waals surface area contributed by atoms with Gasteiger partial charge in [0.15, 0.2) is 11.8 Å². The van der Waals surface area contributed by atoms with Gasteiger partial charge in [0.05, 0.1) is 0 Å². The maximum absolute atomic E-state index is 5.29. The van der Waals surface area contributed by atoms with Crippen LogP contribution in [0.2, 0.25) is 0 Å². The normalized spacial score (nSPS) is 18.6. The van der Waals surface area contributed by atoms with Crippen molar-refractivity contribution in [1.82, 2.24) is 20.8 Å². The lowest BCUT2D eigenvalue weighted by atomic mass is 9.97. The zero-order valence-electron chi connectivity index (χ0n) is 14.4. The van der Waals surface area contributed by atoms with Gasteiger partial charge in [-0.25, -0.2) is 4.99 Å². The summed E-state index contributed by atoms with van der Waals surface area (Å²) in [6, 6.07) is 0. The SMILES string of the molecule is CCNC(=NCc1noc(C(C)(C)C)n1)NCC1CCCS1.I. The average Bonchev–Trinajstić information content (AvgIpc) is 3.12. The average molecular weight is 453 g/mol. The molecule has 8 heteroatoms. The summed E-state index contributed by atoms with van der Waals surface area (Å²) in [5.41, 5.74) is -0.128. The van der Waals surface area contributed by atoms with Crippen molar-refractivity contribution in [3.63, 3.8) is 0 Å². The number of halogens is 1. The van der Waals surface area contributed by atoms with Crippen LogP contribution < -0.4 is 10.6 Å². The number of nitrogens with one attached hydrogen (secondary N) is 2. The molecule has 6 nitrogen and oxygen atoms in total. The number of hydrogen-bond acceptors (Lipinski definition) is 5. The smallest absolute Gasteiger partial charge is 0.232 e. The molecular weight excluding hydrogens is 425 g/mol. The van der Waals surface area contributed by atoms with Crippen LogP contribution in [0.1, 0.15) is 52.3 Å². The molecule has 0 amide bonds. The molecule has 1 unspecified atom stereocenters. The van der Waals surface area contributed by atoms with E-state index in [1.807, 2.05) is 11.8 Å². The fraction of sp³-hybridized carbons (Fsp3) is 0.800. The summed E-state index contributed by atoms with van der Waals surface area (Å²) >= 11 is 2.04. The molecule has 132 valence electrons. The molecule has 1 saturated heterocycles. The molecule has 0 aliphatic carbocycles. The minimum atomic E-state index is -0.128. The largest absolute Gasteiger partial charge is 0.357 e. The van der Waals surface area contributed by atoms with Gasteiger partial charge in [0.2, 0.25) is 5.89 Å². The van der Waals surface area contributed by atoms with Crippen molar-refractivity contribution in [2.45, 2.75) is 57.7 Å². The zero-order chi connectivity index (χ0) is 16.0. The van der Waals surface area contributed by atoms with Crippen molar-refractivity contribution in [3.05, 3.63) is 11.7 Å². The van der Waals surface area contributed by atoms with Gasteiger partial charge in [-0.3, -0.25) is 0 Å². The highest BCUT2D eigenvalue weighted by Crippen LogP contribution is 2.25. The molecule has 2 heterocycles. The Kier molecular flexibility index (Phi) is 8.66. The van der Waals surface area contributed by atoms with Gasteiger partial charge < -0.3 is 15.2 Å². The standard InChI is InChI=1S/C15H27N5OS.HI/c1-5-16-14(17-9-11-7-6-8-22-11)18-10-12-19-13(21-20-12)15(2,3)4;/h11H,5-10H2,1-4H3,(H2,16,17,18);1H. The van der Waals surface area contributed by atoms with Gasteiger partial charge in [0.25, 0.3) is 0 Å². The first-order valence-electron chi connectivity index (χ1n) is 7.96. The molecule has 0 spiro atoms. The Bertz CT molecular complexity index is 494. The van der Waals surface area contributed by atoms with Gasteiger partial charge in [-0.1, -0.05) is 25.9 Å². The van der Waals surface area contributed by atoms with Gasteiger partial charge in [0.1, 0.15) is 6.54 Å². The first-order chi connectivity index (χ1) is 10.5. The van der Waals surface area contributed by atoms with Crippen LogP contribution in [0.4, 0.5) is 0 Å². The van der Waals surface area contributed by atoms with Crippen LogP contribution in [0.3, 0.4) is 0 Å². The number of guanidine groups is 1. The predicted octanol–water partition coefficient (Wildman–Crippen LogP) is 2.94. The fourth-order valence-corrected chi connectivity index (χ4v) is 3.33. The summed E-state index contributed by atoms with van der Waals surface area (Å²) in [5, 5.41) is 11.4. The van der Waals surface area contributed by atoms with E-state index in [2.05, 4.69) is 53.5 Å². The lowest BCUT2D eigenvalue weighted by Crippen LogP contribution is -2.40. The quantitative estimate of drug-likeness (QED) is 0.406. The van der Waals surface area contributed by atoms with Gasteiger partial charge in [-0.05, 0) is 25.5 Å². The van der Waals surface area contributed by atoms with Crippen molar-refractivity contribution in [2.24, 2.45) is 4.99 Å². The lowest BCUT2D eigenvalue weighted by molar-refractivity contribution is 0.318. The van der Waals surface area contributed by atoms with Crippen LogP contribution in [-0.2, 0) is 12.0 Å². The highest BCUT2D eigenvalue weighted by atomic mass is 127. The van der Waals surface area contributed by atoms with E-state index in [0.29, 0.717) is 23.5 Å². The third-order valence-electron chi connectivity index (χ3n) is 3.35. The molecule has 0 aromatic carbocycles. The second-order valence-corrected chi connectivity index (χ2v) is 7.89. The molecule has 23 heavy (non-hydrogen) atoms. The number of nitrogens with zero attached hydrogens (tertiary/aromatic N) is 3. The van der Waals surface area contributed by atoms with Crippen LogP contribution in [0, 0.1) is 0 Å². The van der Waals surface area contributed by atoms with E-state index in [0.717, 1.165) is 19.0 Å². The molecule has 2 rings (SSSR count). The van der Waals surface area contributed by atoms with Crippen LogP contribution >= 0.6 is 35.7 Å². The lowest BCUT2D eigenvalue weighted by Gasteiger charge is -2.14. The van der Waals surface area contributed by atoms with Crippen LogP contribution in [0.15, 0.2) is 9.52 Å². The third kappa shape index (κ3) is 6.86. The maximum Gasteiger partial charge on any atom is 0.232 e. The first kappa shape index (κ1) is 20.5. The predicted molar refractivity (Wildman–Crippen MR) is 107 cm³/mol. The van der Waals surface area contributed by atoms with Crippen LogP contribution in [0.5, 0.6) is 0 Å². The summed E-state index contributed by atoms with van der Waals surface area (Å²) < 4.78 is 5.29. The Morgan fingerprint density at radius 3 is 2.74 bits per heavy atom. The minimum absolute atomic E-state index is 0. The summed E-state index contributed by atoms with van der Waals surface area (Å²) in [7, 11) is 0. The van der Waals surface area contributed by atoms with Crippen molar-refractivity contribution in [1.29, 1.82) is 0 Å². The first-order valence-corrected chi connectivity index (χ1v) is 9.00. The Morgan fingerprint density at radius 1 is 1.39 bits per heavy atom. The van der Waals surface area contributed by atoms with Crippen LogP contribution in [-0.4, -0.2) is 40.2 Å². The summed E-state index contributed by atoms with van der Waals surface area (Å²) in [6.07, 6.45) is 2.61.